The van der Waals surface area contributed by atoms with Crippen LogP contribution in [0, 0.1) is 34.5 Å². The fourth-order valence-corrected chi connectivity index (χ4v) is 5.10. The molecule has 0 aromatic rings. The van der Waals surface area contributed by atoms with E-state index in [0.29, 0.717) is 23.7 Å². The van der Waals surface area contributed by atoms with Crippen molar-refractivity contribution in [3.63, 3.8) is 0 Å². The second-order valence-electron chi connectivity index (χ2n) is 10.1. The minimum atomic E-state index is -0.133. The molecule has 0 bridgehead atoms. The highest BCUT2D eigenvalue weighted by Crippen LogP contribution is 2.61. The maximum absolute atomic E-state index is 6.78. The first kappa shape index (κ1) is 19.0. The smallest absolute Gasteiger partial charge is 0.0687 e. The Morgan fingerprint density at radius 1 is 0.571 bits per heavy atom. The maximum Gasteiger partial charge on any atom is 0.0687 e. The maximum atomic E-state index is 6.78. The van der Waals surface area contributed by atoms with Crippen molar-refractivity contribution in [1.29, 1.82) is 0 Å². The van der Waals surface area contributed by atoms with Gasteiger partial charge in [0, 0.05) is 0 Å². The average Bonchev–Trinajstić information content (AvgIpc) is 2.23. The summed E-state index contributed by atoms with van der Waals surface area (Å²) in [6.45, 7) is 28.4. The zero-order valence-corrected chi connectivity index (χ0v) is 16.7. The number of hydrogen-bond donors (Lipinski definition) is 0. The van der Waals surface area contributed by atoms with Crippen molar-refractivity contribution in [3.05, 3.63) is 0 Å². The summed E-state index contributed by atoms with van der Waals surface area (Å²) in [6, 6.07) is 0. The third-order valence-corrected chi connectivity index (χ3v) is 7.10. The Kier molecular flexibility index (Phi) is 4.75. The highest BCUT2D eigenvalue weighted by molar-refractivity contribution is 5.08. The highest BCUT2D eigenvalue weighted by Gasteiger charge is 2.60. The van der Waals surface area contributed by atoms with Crippen LogP contribution in [0.5, 0.6) is 0 Å². The SMILES string of the molecule is CC(C)C1C(C(C)C)C(C)(C)C(C)(C)OC(C)(C)C1(C)C. The van der Waals surface area contributed by atoms with Crippen LogP contribution in [0.25, 0.3) is 0 Å². The molecule has 0 aromatic carbocycles. The Morgan fingerprint density at radius 3 is 1.00 bits per heavy atom. The molecule has 2 atom stereocenters. The Labute approximate surface area is 134 Å². The minimum Gasteiger partial charge on any atom is -0.369 e. The monoisotopic (exact) mass is 296 g/mol. The van der Waals surface area contributed by atoms with E-state index >= 15 is 0 Å². The predicted octanol–water partition coefficient (Wildman–Crippen LogP) is 6.17. The third-order valence-electron chi connectivity index (χ3n) is 7.10. The van der Waals surface area contributed by atoms with Crippen molar-refractivity contribution in [3.8, 4) is 0 Å². The van der Waals surface area contributed by atoms with Gasteiger partial charge in [-0.05, 0) is 62.2 Å². The molecular formula is C20H40O. The summed E-state index contributed by atoms with van der Waals surface area (Å²) in [6.07, 6.45) is 0. The van der Waals surface area contributed by atoms with E-state index in [4.69, 9.17) is 4.74 Å². The zero-order valence-electron chi connectivity index (χ0n) is 16.7. The summed E-state index contributed by atoms with van der Waals surface area (Å²) in [5.74, 6) is 2.60. The number of ether oxygens (including phenoxy) is 1. The van der Waals surface area contributed by atoms with Gasteiger partial charge in [0.1, 0.15) is 0 Å². The molecule has 21 heavy (non-hydrogen) atoms. The number of hydrogen-bond acceptors (Lipinski definition) is 1. The van der Waals surface area contributed by atoms with Gasteiger partial charge in [-0.15, -0.1) is 0 Å². The fraction of sp³-hybridized carbons (Fsp3) is 1.00. The molecule has 1 fully saturated rings. The fourth-order valence-electron chi connectivity index (χ4n) is 5.10. The van der Waals surface area contributed by atoms with E-state index in [2.05, 4.69) is 83.1 Å². The molecule has 0 saturated carbocycles. The summed E-state index contributed by atoms with van der Waals surface area (Å²) < 4.78 is 6.78. The lowest BCUT2D eigenvalue weighted by molar-refractivity contribution is -0.199. The summed E-state index contributed by atoms with van der Waals surface area (Å²) in [5.41, 5.74) is 0.0149. The van der Waals surface area contributed by atoms with Crippen LogP contribution in [0.2, 0.25) is 0 Å². The van der Waals surface area contributed by atoms with E-state index < -0.39 is 0 Å². The van der Waals surface area contributed by atoms with E-state index in [9.17, 15) is 0 Å². The Bertz CT molecular complexity index is 335. The first-order chi connectivity index (χ1) is 9.09. The quantitative estimate of drug-likeness (QED) is 0.592. The van der Waals surface area contributed by atoms with E-state index in [1.165, 1.54) is 0 Å². The van der Waals surface area contributed by atoms with Crippen LogP contribution in [-0.4, -0.2) is 11.2 Å². The van der Waals surface area contributed by atoms with Crippen LogP contribution >= 0.6 is 0 Å². The molecule has 1 heterocycles. The molecule has 0 N–H and O–H groups in total. The van der Waals surface area contributed by atoms with E-state index in [0.717, 1.165) is 0 Å². The first-order valence-electron chi connectivity index (χ1n) is 8.79. The van der Waals surface area contributed by atoms with Crippen molar-refractivity contribution < 1.29 is 4.74 Å². The molecule has 1 saturated heterocycles. The summed E-state index contributed by atoms with van der Waals surface area (Å²) >= 11 is 0. The normalized spacial score (nSPS) is 34.0. The molecule has 1 rings (SSSR count). The summed E-state index contributed by atoms with van der Waals surface area (Å²) in [4.78, 5) is 0. The van der Waals surface area contributed by atoms with Gasteiger partial charge in [-0.3, -0.25) is 0 Å². The van der Waals surface area contributed by atoms with Gasteiger partial charge < -0.3 is 4.74 Å². The lowest BCUT2D eigenvalue weighted by Crippen LogP contribution is -2.50. The molecule has 2 unspecified atom stereocenters. The topological polar surface area (TPSA) is 9.23 Å². The second-order valence-corrected chi connectivity index (χ2v) is 10.1. The van der Waals surface area contributed by atoms with Crippen LogP contribution in [0.3, 0.4) is 0 Å². The molecule has 0 spiro atoms. The molecule has 1 heteroatoms. The molecule has 1 aliphatic heterocycles. The average molecular weight is 297 g/mol. The van der Waals surface area contributed by atoms with E-state index in [-0.39, 0.29) is 22.0 Å². The van der Waals surface area contributed by atoms with Gasteiger partial charge in [-0.1, -0.05) is 55.4 Å². The van der Waals surface area contributed by atoms with Gasteiger partial charge in [0.05, 0.1) is 11.2 Å². The highest BCUT2D eigenvalue weighted by atomic mass is 16.5. The molecular weight excluding hydrogens is 256 g/mol. The zero-order chi connectivity index (χ0) is 17.0. The van der Waals surface area contributed by atoms with E-state index in [1.807, 2.05) is 0 Å². The van der Waals surface area contributed by atoms with Crippen LogP contribution < -0.4 is 0 Å². The lowest BCUT2D eigenvalue weighted by Gasteiger charge is -2.51. The lowest BCUT2D eigenvalue weighted by atomic mass is 9.52. The van der Waals surface area contributed by atoms with Crippen LogP contribution in [0.4, 0.5) is 0 Å². The molecule has 1 aliphatic rings. The van der Waals surface area contributed by atoms with Crippen molar-refractivity contribution in [2.75, 3.05) is 0 Å². The molecule has 0 aliphatic carbocycles. The van der Waals surface area contributed by atoms with Crippen molar-refractivity contribution in [1.82, 2.24) is 0 Å². The van der Waals surface area contributed by atoms with Gasteiger partial charge in [-0.2, -0.15) is 0 Å². The first-order valence-corrected chi connectivity index (χ1v) is 8.79. The molecule has 0 aromatic heterocycles. The van der Waals surface area contributed by atoms with Crippen LogP contribution in [0.15, 0.2) is 0 Å². The molecule has 0 radical (unpaired) electrons. The number of rotatable bonds is 2. The van der Waals surface area contributed by atoms with Gasteiger partial charge in [-0.25, -0.2) is 0 Å². The van der Waals surface area contributed by atoms with Gasteiger partial charge in [0.25, 0.3) is 0 Å². The standard InChI is InChI=1S/C20H40O/c1-13(2)15-16(14(3)4)18(7,8)20(11,12)21-19(9,10)17(15,5)6/h13-16H,1-12H3. The van der Waals surface area contributed by atoms with Gasteiger partial charge in [0.2, 0.25) is 0 Å². The second kappa shape index (κ2) is 5.25. The van der Waals surface area contributed by atoms with Crippen LogP contribution in [-0.2, 0) is 4.74 Å². The Balaban J connectivity index is 3.64. The van der Waals surface area contributed by atoms with E-state index in [1.54, 1.807) is 0 Å². The molecule has 1 nitrogen and oxygen atoms in total. The molecule has 126 valence electrons. The third kappa shape index (κ3) is 2.80. The predicted molar refractivity (Wildman–Crippen MR) is 93.5 cm³/mol. The molecule has 0 amide bonds. The van der Waals surface area contributed by atoms with Gasteiger partial charge >= 0.3 is 0 Å². The van der Waals surface area contributed by atoms with Crippen molar-refractivity contribution in [2.24, 2.45) is 34.5 Å². The summed E-state index contributed by atoms with van der Waals surface area (Å²) in [5, 5.41) is 0. The Morgan fingerprint density at radius 2 is 0.810 bits per heavy atom. The van der Waals surface area contributed by atoms with Crippen molar-refractivity contribution in [2.45, 2.75) is 94.3 Å². The van der Waals surface area contributed by atoms with Crippen molar-refractivity contribution >= 4 is 0 Å². The summed E-state index contributed by atoms with van der Waals surface area (Å²) in [7, 11) is 0. The largest absolute Gasteiger partial charge is 0.369 e. The minimum absolute atomic E-state index is 0.133. The van der Waals surface area contributed by atoms with Gasteiger partial charge in [0.15, 0.2) is 0 Å². The van der Waals surface area contributed by atoms with Crippen LogP contribution in [0.1, 0.15) is 83.1 Å². The Hall–Kier alpha value is -0.0400.